The smallest absolute Gasteiger partial charge is 0.181 e. The van der Waals surface area contributed by atoms with Gasteiger partial charge < -0.3 is 9.72 Å². The second-order valence-electron chi connectivity index (χ2n) is 12.0. The molecule has 228 valence electrons. The molecule has 2 N–H and O–H groups in total. The van der Waals surface area contributed by atoms with Gasteiger partial charge in [-0.05, 0) is 93.3 Å². The van der Waals surface area contributed by atoms with Crippen LogP contribution in [0.25, 0.3) is 56.0 Å². The molecule has 10 nitrogen and oxygen atoms in total. The van der Waals surface area contributed by atoms with Gasteiger partial charge in [-0.3, -0.25) is 19.9 Å². The van der Waals surface area contributed by atoms with Crippen LogP contribution in [0.3, 0.4) is 0 Å². The van der Waals surface area contributed by atoms with Crippen LogP contribution in [0.15, 0.2) is 61.2 Å². The van der Waals surface area contributed by atoms with E-state index in [-0.39, 0.29) is 5.82 Å². The Morgan fingerprint density at radius 1 is 0.822 bits per heavy atom. The summed E-state index contributed by atoms with van der Waals surface area (Å²) < 4.78 is 20.8. The average molecular weight is 604 g/mol. The quantitative estimate of drug-likeness (QED) is 0.212. The van der Waals surface area contributed by atoms with Crippen LogP contribution in [0.2, 0.25) is 0 Å². The number of aromatic nitrogens is 7. The molecule has 2 saturated heterocycles. The molecule has 0 radical (unpaired) electrons. The van der Waals surface area contributed by atoms with Gasteiger partial charge in [-0.1, -0.05) is 0 Å². The molecule has 7 heterocycles. The molecule has 0 atom stereocenters. The summed E-state index contributed by atoms with van der Waals surface area (Å²) >= 11 is 0. The van der Waals surface area contributed by atoms with Gasteiger partial charge in [-0.15, -0.1) is 0 Å². The summed E-state index contributed by atoms with van der Waals surface area (Å²) in [5.41, 5.74) is 7.13. The zero-order valence-electron chi connectivity index (χ0n) is 25.0. The van der Waals surface area contributed by atoms with Gasteiger partial charge in [0.15, 0.2) is 17.1 Å². The van der Waals surface area contributed by atoms with Crippen molar-refractivity contribution < 1.29 is 9.13 Å². The summed E-state index contributed by atoms with van der Waals surface area (Å²) in [4.78, 5) is 26.7. The first kappa shape index (κ1) is 27.8. The van der Waals surface area contributed by atoms with E-state index in [0.717, 1.165) is 61.3 Å². The van der Waals surface area contributed by atoms with E-state index >= 15 is 0 Å². The molecule has 0 saturated carbocycles. The first-order chi connectivity index (χ1) is 22.2. The van der Waals surface area contributed by atoms with Crippen LogP contribution in [-0.4, -0.2) is 84.2 Å². The first-order valence-electron chi connectivity index (χ1n) is 15.7. The lowest BCUT2D eigenvalue weighted by atomic mass is 10.1. The maximum absolute atomic E-state index is 14.8. The van der Waals surface area contributed by atoms with Gasteiger partial charge >= 0.3 is 0 Å². The largest absolute Gasteiger partial charge is 0.492 e. The molecule has 0 bridgehead atoms. The molecular weight excluding hydrogens is 569 g/mol. The van der Waals surface area contributed by atoms with Crippen molar-refractivity contribution in [2.24, 2.45) is 0 Å². The highest BCUT2D eigenvalue weighted by Gasteiger charge is 2.18. The number of nitrogens with zero attached hydrogens (tertiary/aromatic N) is 7. The van der Waals surface area contributed by atoms with Gasteiger partial charge in [-0.2, -0.15) is 5.10 Å². The van der Waals surface area contributed by atoms with Crippen molar-refractivity contribution in [1.29, 1.82) is 0 Å². The number of ether oxygens (including phenoxy) is 1. The molecule has 0 amide bonds. The average Bonchev–Trinajstić information content (AvgIpc) is 3.88. The highest BCUT2D eigenvalue weighted by molar-refractivity contribution is 5.96. The highest BCUT2D eigenvalue weighted by atomic mass is 19.1. The number of imidazole rings is 1. The van der Waals surface area contributed by atoms with Gasteiger partial charge in [0.05, 0.1) is 10.9 Å². The van der Waals surface area contributed by atoms with Crippen LogP contribution < -0.4 is 4.74 Å². The summed E-state index contributed by atoms with van der Waals surface area (Å²) in [6.07, 6.45) is 12.3. The number of fused-ring (bicyclic) bond motifs is 2. The van der Waals surface area contributed by atoms with Crippen LogP contribution in [-0.2, 0) is 6.54 Å². The molecule has 45 heavy (non-hydrogen) atoms. The van der Waals surface area contributed by atoms with Crippen LogP contribution in [0.4, 0.5) is 4.39 Å². The van der Waals surface area contributed by atoms with Crippen molar-refractivity contribution in [1.82, 2.24) is 44.9 Å². The van der Waals surface area contributed by atoms with E-state index in [1.807, 2.05) is 30.7 Å². The SMILES string of the molecule is Fc1cc(OCCN2CCCC2)cc(-c2ccnc3nc(-c4[nH]nc5ncc(-c6cncc(CN7CCCC7)c6)cc45)[nH]c23)c1. The molecule has 2 fully saturated rings. The molecule has 2 aliphatic heterocycles. The Labute approximate surface area is 259 Å². The standard InChI is InChI=1S/C34H34FN9O/c35-26-14-23(15-27(17-26)45-12-11-43-7-1-2-8-43)28-5-6-37-33-30(28)39-34(40-33)31-29-16-25(20-38-32(29)42-41-31)24-13-22(18-36-19-24)21-44-9-3-4-10-44/h5-6,13-20H,1-4,7-12,21H2,(H,37,39,40)(H,38,41,42). The minimum atomic E-state index is -0.356. The number of likely N-dealkylation sites (tertiary alicyclic amines) is 2. The summed E-state index contributed by atoms with van der Waals surface area (Å²) in [5, 5.41) is 8.38. The third kappa shape index (κ3) is 5.76. The monoisotopic (exact) mass is 603 g/mol. The lowest BCUT2D eigenvalue weighted by molar-refractivity contribution is 0.237. The maximum atomic E-state index is 14.8. The lowest BCUT2D eigenvalue weighted by Gasteiger charge is -2.15. The second-order valence-corrected chi connectivity index (χ2v) is 12.0. The Kier molecular flexibility index (Phi) is 7.40. The molecule has 0 unspecified atom stereocenters. The normalized spacial score (nSPS) is 15.9. The topological polar surface area (TPSA) is 112 Å². The van der Waals surface area contributed by atoms with E-state index in [1.165, 1.54) is 43.4 Å². The molecule has 11 heteroatoms. The van der Waals surface area contributed by atoms with E-state index in [0.29, 0.717) is 46.2 Å². The summed E-state index contributed by atoms with van der Waals surface area (Å²) in [6, 6.07) is 10.9. The first-order valence-corrected chi connectivity index (χ1v) is 15.7. The van der Waals surface area contributed by atoms with E-state index in [2.05, 4.69) is 52.1 Å². The van der Waals surface area contributed by atoms with Crippen molar-refractivity contribution in [2.75, 3.05) is 39.3 Å². The van der Waals surface area contributed by atoms with Gasteiger partial charge in [0.1, 0.15) is 23.9 Å². The molecule has 6 aromatic rings. The predicted molar refractivity (Wildman–Crippen MR) is 171 cm³/mol. The van der Waals surface area contributed by atoms with E-state index in [1.54, 1.807) is 6.20 Å². The fourth-order valence-corrected chi connectivity index (χ4v) is 6.54. The van der Waals surface area contributed by atoms with E-state index < -0.39 is 0 Å². The molecular formula is C34H34FN9O. The summed E-state index contributed by atoms with van der Waals surface area (Å²) in [5.74, 6) is 0.724. The zero-order chi connectivity index (χ0) is 30.2. The number of hydrogen-bond donors (Lipinski definition) is 2. The summed E-state index contributed by atoms with van der Waals surface area (Å²) in [7, 11) is 0. The summed E-state index contributed by atoms with van der Waals surface area (Å²) in [6.45, 7) is 6.73. The number of rotatable bonds is 9. The third-order valence-corrected chi connectivity index (χ3v) is 8.83. The van der Waals surface area contributed by atoms with E-state index in [9.17, 15) is 4.39 Å². The fraction of sp³-hybridized carbons (Fsp3) is 0.324. The van der Waals surface area contributed by atoms with Crippen molar-refractivity contribution in [2.45, 2.75) is 32.2 Å². The van der Waals surface area contributed by atoms with Crippen molar-refractivity contribution in [3.8, 4) is 39.5 Å². The van der Waals surface area contributed by atoms with Crippen LogP contribution >= 0.6 is 0 Å². The number of hydrogen-bond acceptors (Lipinski definition) is 8. The molecule has 5 aromatic heterocycles. The number of benzene rings is 1. The van der Waals surface area contributed by atoms with Gasteiger partial charge in [-0.25, -0.2) is 19.3 Å². The minimum Gasteiger partial charge on any atom is -0.492 e. The van der Waals surface area contributed by atoms with Crippen LogP contribution in [0.1, 0.15) is 31.2 Å². The number of pyridine rings is 3. The van der Waals surface area contributed by atoms with E-state index in [4.69, 9.17) is 9.72 Å². The van der Waals surface area contributed by atoms with Gasteiger partial charge in [0.2, 0.25) is 0 Å². The van der Waals surface area contributed by atoms with Crippen molar-refractivity contribution in [3.05, 3.63) is 72.6 Å². The van der Waals surface area contributed by atoms with Crippen LogP contribution in [0, 0.1) is 5.82 Å². The molecule has 2 aliphatic rings. The van der Waals surface area contributed by atoms with Crippen LogP contribution in [0.5, 0.6) is 5.75 Å². The second kappa shape index (κ2) is 12.0. The molecule has 0 spiro atoms. The molecule has 0 aliphatic carbocycles. The Bertz CT molecular complexity index is 1970. The van der Waals surface area contributed by atoms with Gasteiger partial charge in [0, 0.05) is 60.6 Å². The minimum absolute atomic E-state index is 0.356. The van der Waals surface area contributed by atoms with Crippen molar-refractivity contribution >= 4 is 22.2 Å². The molecule has 8 rings (SSSR count). The Balaban J connectivity index is 1.09. The van der Waals surface area contributed by atoms with Gasteiger partial charge in [0.25, 0.3) is 0 Å². The number of aromatic amines is 2. The predicted octanol–water partition coefficient (Wildman–Crippen LogP) is 5.83. The number of H-pyrrole nitrogens is 2. The Morgan fingerprint density at radius 3 is 2.51 bits per heavy atom. The fourth-order valence-electron chi connectivity index (χ4n) is 6.54. The Morgan fingerprint density at radius 2 is 1.64 bits per heavy atom. The number of halogens is 1. The molecule has 1 aromatic carbocycles. The maximum Gasteiger partial charge on any atom is 0.181 e. The highest BCUT2D eigenvalue weighted by Crippen LogP contribution is 2.33. The number of nitrogens with one attached hydrogen (secondary N) is 2. The Hall–Kier alpha value is -4.74. The third-order valence-electron chi connectivity index (χ3n) is 8.83. The lowest BCUT2D eigenvalue weighted by Crippen LogP contribution is -2.25. The van der Waals surface area contributed by atoms with Crippen molar-refractivity contribution in [3.63, 3.8) is 0 Å². The zero-order valence-corrected chi connectivity index (χ0v) is 25.0.